The van der Waals surface area contributed by atoms with Crippen molar-refractivity contribution in [3.63, 3.8) is 0 Å². The van der Waals surface area contributed by atoms with E-state index in [2.05, 4.69) is 25.3 Å². The molecule has 2 aromatic rings. The van der Waals surface area contributed by atoms with Gasteiger partial charge in [0.05, 0.1) is 17.4 Å². The van der Waals surface area contributed by atoms with Crippen LogP contribution in [0.3, 0.4) is 0 Å². The molecule has 3 rings (SSSR count). The average molecular weight is 463 g/mol. The van der Waals surface area contributed by atoms with Crippen molar-refractivity contribution in [2.75, 3.05) is 29.6 Å². The molecule has 4 N–H and O–H groups in total. The first-order valence-electron chi connectivity index (χ1n) is 8.44. The number of carbonyl (C=O) groups is 1. The summed E-state index contributed by atoms with van der Waals surface area (Å²) in [4.78, 5) is 20.3. The van der Waals surface area contributed by atoms with Crippen LogP contribution in [0.4, 0.5) is 32.2 Å². The Morgan fingerprint density at radius 3 is 2.62 bits per heavy atom. The van der Waals surface area contributed by atoms with E-state index in [1.54, 1.807) is 6.07 Å². The maximum atomic E-state index is 12.0. The number of alkyl halides is 4. The predicted octanol–water partition coefficient (Wildman–Crippen LogP) is 5.10. The Morgan fingerprint density at radius 1 is 1.34 bits per heavy atom. The molecule has 0 spiro atoms. The van der Waals surface area contributed by atoms with E-state index in [4.69, 9.17) is 40.5 Å². The van der Waals surface area contributed by atoms with E-state index in [0.29, 0.717) is 11.4 Å². The van der Waals surface area contributed by atoms with Gasteiger partial charge in [-0.25, -0.2) is 19.2 Å². The molecule has 0 saturated heterocycles. The summed E-state index contributed by atoms with van der Waals surface area (Å²) in [7, 11) is 0. The first-order valence-corrected chi connectivity index (χ1v) is 9.75. The number of carbonyl (C=O) groups excluding carboxylic acids is 1. The largest absolute Gasteiger partial charge is 0.446 e. The van der Waals surface area contributed by atoms with Crippen LogP contribution in [0.5, 0.6) is 0 Å². The van der Waals surface area contributed by atoms with Crippen LogP contribution >= 0.6 is 34.8 Å². The number of halogens is 4. The summed E-state index contributed by atoms with van der Waals surface area (Å²) in [5, 5.41) is 5.72. The Balaban J connectivity index is 0.000000687. The third-order valence-electron chi connectivity index (χ3n) is 3.64. The molecule has 1 atom stereocenters. The van der Waals surface area contributed by atoms with Crippen LogP contribution in [-0.4, -0.2) is 40.4 Å². The van der Waals surface area contributed by atoms with E-state index in [-0.39, 0.29) is 24.3 Å². The summed E-state index contributed by atoms with van der Waals surface area (Å²) in [5.41, 5.74) is 9.00. The van der Waals surface area contributed by atoms with Gasteiger partial charge in [-0.15, -0.1) is 0 Å². The number of pyridine rings is 1. The van der Waals surface area contributed by atoms with Gasteiger partial charge >= 0.3 is 6.09 Å². The second-order valence-corrected chi connectivity index (χ2v) is 7.69. The van der Waals surface area contributed by atoms with Crippen LogP contribution in [0.2, 0.25) is 0 Å². The normalized spacial score (nSPS) is 14.7. The van der Waals surface area contributed by atoms with Crippen molar-refractivity contribution in [1.82, 2.24) is 4.98 Å². The quantitative estimate of drug-likeness (QED) is 0.549. The fourth-order valence-electron chi connectivity index (χ4n) is 2.56. The molecule has 1 aromatic heterocycles. The number of aromatic nitrogens is 1. The van der Waals surface area contributed by atoms with Crippen molar-refractivity contribution in [2.24, 2.45) is 4.99 Å². The van der Waals surface area contributed by atoms with Crippen LogP contribution in [0.15, 0.2) is 41.4 Å². The molecule has 0 fully saturated rings. The Morgan fingerprint density at radius 2 is 2.00 bits per heavy atom. The lowest BCUT2D eigenvalue weighted by Gasteiger charge is -2.25. The first-order chi connectivity index (χ1) is 13.8. The molecule has 0 unspecified atom stereocenters. The van der Waals surface area contributed by atoms with E-state index >= 15 is 0 Å². The number of nitrogens with zero attached hydrogens (tertiary/aromatic N) is 2. The number of anilines is 3. The van der Waals surface area contributed by atoms with Crippen molar-refractivity contribution >= 4 is 69.6 Å². The zero-order chi connectivity index (χ0) is 21.4. The molecule has 0 aliphatic carbocycles. The summed E-state index contributed by atoms with van der Waals surface area (Å²) in [6, 6.07) is 11.3. The number of benzene rings is 1. The summed E-state index contributed by atoms with van der Waals surface area (Å²) in [6.07, 6.45) is -0.790. The minimum absolute atomic E-state index is 0.0527. The number of nitrogen functional groups attached to an aromatic ring is 1. The molecule has 0 radical (unpaired) electrons. The van der Waals surface area contributed by atoms with Gasteiger partial charge in [0, 0.05) is 6.07 Å². The molecule has 156 valence electrons. The van der Waals surface area contributed by atoms with Crippen LogP contribution in [0.25, 0.3) is 0 Å². The highest BCUT2D eigenvalue weighted by atomic mass is 35.6. The number of nitrogens with one attached hydrogen (secondary N) is 2. The fraction of sp³-hybridized carbons (Fsp3) is 0.278. The molecule has 11 heteroatoms. The molecule has 1 aliphatic heterocycles. The van der Waals surface area contributed by atoms with Crippen molar-refractivity contribution in [2.45, 2.75) is 17.3 Å². The van der Waals surface area contributed by atoms with Gasteiger partial charge in [-0.3, -0.25) is 5.32 Å². The fourth-order valence-corrected chi connectivity index (χ4v) is 2.56. The van der Waals surface area contributed by atoms with Crippen LogP contribution in [-0.2, 0) is 4.74 Å². The highest BCUT2D eigenvalue weighted by molar-refractivity contribution is 6.63. The van der Waals surface area contributed by atoms with Gasteiger partial charge in [-0.1, -0.05) is 65.1 Å². The highest BCUT2D eigenvalue weighted by Gasteiger charge is 2.23. The van der Waals surface area contributed by atoms with Crippen LogP contribution in [0, 0.1) is 0 Å². The summed E-state index contributed by atoms with van der Waals surface area (Å²) >= 11 is 14.4. The first kappa shape index (κ1) is 23.0. The number of amides is 1. The molecular weight excluding hydrogens is 444 g/mol. The third kappa shape index (κ3) is 6.92. The molecule has 2 heterocycles. The number of hydrogen-bond acceptors (Lipinski definition) is 6. The van der Waals surface area contributed by atoms with Crippen molar-refractivity contribution < 1.29 is 13.9 Å². The highest BCUT2D eigenvalue weighted by Crippen LogP contribution is 2.37. The minimum Gasteiger partial charge on any atom is -0.446 e. The molecule has 0 bridgehead atoms. The molecular formula is C18H19Cl3FN5O2. The van der Waals surface area contributed by atoms with E-state index in [9.17, 15) is 9.18 Å². The van der Waals surface area contributed by atoms with Crippen LogP contribution < -0.4 is 16.4 Å². The number of hydrogen-bond donors (Lipinski definition) is 3. The number of rotatable bonds is 4. The molecule has 1 aromatic carbocycles. The third-order valence-corrected chi connectivity index (χ3v) is 3.64. The average Bonchev–Trinajstić information content (AvgIpc) is 2.66. The predicted molar refractivity (Wildman–Crippen MR) is 117 cm³/mol. The van der Waals surface area contributed by atoms with Gasteiger partial charge in [-0.2, -0.15) is 0 Å². The standard InChI is InChI=1S/C17H18FN5O2.CHCl3/c1-10-14(11-5-3-2-4-6-11)23-15-12(20-10)9-13(21-16(15)19)22-17(24)25-8-7-18;2-1(3)4/h2-6,9-10,20H,7-8H2,1H3,(H3,19,21,22,24);1H/t10-;/m0./s1. The van der Waals surface area contributed by atoms with Crippen molar-refractivity contribution in [3.8, 4) is 0 Å². The second-order valence-electron chi connectivity index (χ2n) is 5.72. The number of nitrogens with two attached hydrogens (primary N) is 1. The van der Waals surface area contributed by atoms with E-state index in [0.717, 1.165) is 11.3 Å². The van der Waals surface area contributed by atoms with Gasteiger partial charge < -0.3 is 15.8 Å². The van der Waals surface area contributed by atoms with Gasteiger partial charge in [-0.05, 0) is 12.5 Å². The van der Waals surface area contributed by atoms with Gasteiger partial charge in [0.25, 0.3) is 0 Å². The topological polar surface area (TPSA) is 102 Å². The van der Waals surface area contributed by atoms with Crippen molar-refractivity contribution in [3.05, 3.63) is 42.0 Å². The summed E-state index contributed by atoms with van der Waals surface area (Å²) in [5.74, 6) is 0.379. The van der Waals surface area contributed by atoms with E-state index in [1.165, 1.54) is 0 Å². The molecule has 1 aliphatic rings. The van der Waals surface area contributed by atoms with Gasteiger partial charge in [0.1, 0.15) is 24.8 Å². The van der Waals surface area contributed by atoms with Crippen LogP contribution in [0.1, 0.15) is 12.5 Å². The molecule has 7 nitrogen and oxygen atoms in total. The lowest BCUT2D eigenvalue weighted by molar-refractivity contribution is 0.152. The second kappa shape index (κ2) is 11.0. The maximum absolute atomic E-state index is 12.0. The minimum atomic E-state index is -0.790. The lowest BCUT2D eigenvalue weighted by atomic mass is 10.0. The molecule has 0 saturated carbocycles. The van der Waals surface area contributed by atoms with Gasteiger partial charge in [0.15, 0.2) is 10.1 Å². The zero-order valence-electron chi connectivity index (χ0n) is 15.3. The monoisotopic (exact) mass is 461 g/mol. The maximum Gasteiger partial charge on any atom is 0.412 e. The SMILES string of the molecule is C[C@@H]1Nc2cc(NC(=O)OCCF)nc(N)c2N=C1c1ccccc1.ClC(Cl)Cl. The number of fused-ring (bicyclic) bond motifs is 1. The smallest absolute Gasteiger partial charge is 0.412 e. The van der Waals surface area contributed by atoms with E-state index < -0.39 is 17.1 Å². The Labute approximate surface area is 182 Å². The van der Waals surface area contributed by atoms with Gasteiger partial charge in [0.2, 0.25) is 0 Å². The summed E-state index contributed by atoms with van der Waals surface area (Å²) < 4.78 is 15.9. The lowest BCUT2D eigenvalue weighted by Crippen LogP contribution is -2.30. The molecule has 29 heavy (non-hydrogen) atoms. The molecule has 1 amide bonds. The number of aliphatic imine (C=N–C) groups is 1. The number of ether oxygens (including phenoxy) is 1. The summed E-state index contributed by atoms with van der Waals surface area (Å²) in [6.45, 7) is 0.920. The van der Waals surface area contributed by atoms with Crippen molar-refractivity contribution in [1.29, 1.82) is 0 Å². The zero-order valence-corrected chi connectivity index (χ0v) is 17.6. The van der Waals surface area contributed by atoms with E-state index in [1.807, 2.05) is 37.3 Å². The Hall–Kier alpha value is -2.29. The Kier molecular flexibility index (Phi) is 8.75. The Bertz CT molecular complexity index is 865.